The monoisotopic (exact) mass is 699 g/mol. The van der Waals surface area contributed by atoms with E-state index in [1.54, 1.807) is 32.9 Å². The zero-order chi connectivity index (χ0) is 36.2. The summed E-state index contributed by atoms with van der Waals surface area (Å²) < 4.78 is 25.7. The largest absolute Gasteiger partial charge is 0.444 e. The molecule has 4 aliphatic rings. The highest BCUT2D eigenvalue weighted by atomic mass is 19.1. The van der Waals surface area contributed by atoms with Crippen LogP contribution in [0.2, 0.25) is 0 Å². The lowest BCUT2D eigenvalue weighted by atomic mass is 10.0. The normalized spacial score (nSPS) is 27.6. The van der Waals surface area contributed by atoms with E-state index in [4.69, 9.17) is 14.3 Å². The second kappa shape index (κ2) is 15.4. The molecule has 1 aliphatic carbocycles. The van der Waals surface area contributed by atoms with Gasteiger partial charge in [0.1, 0.15) is 35.1 Å². The fraction of sp³-hybridized carbons (Fsp3) is 0.639. The number of nitrogens with one attached hydrogen (secondary N) is 3. The average Bonchev–Trinajstić information content (AvgIpc) is 3.33. The first kappa shape index (κ1) is 37.1. The van der Waals surface area contributed by atoms with E-state index in [1.807, 2.05) is 26.0 Å². The van der Waals surface area contributed by atoms with Crippen LogP contribution in [0.3, 0.4) is 0 Å². The molecule has 1 saturated carbocycles. The third kappa shape index (κ3) is 8.93. The van der Waals surface area contributed by atoms with Crippen molar-refractivity contribution in [2.45, 2.75) is 122 Å². The molecule has 1 aromatic carbocycles. The number of halogens is 1. The molecule has 0 radical (unpaired) electrons. The van der Waals surface area contributed by atoms with Crippen LogP contribution in [-0.2, 0) is 41.8 Å². The van der Waals surface area contributed by atoms with Gasteiger partial charge in [0.25, 0.3) is 5.91 Å². The van der Waals surface area contributed by atoms with E-state index in [2.05, 4.69) is 16.1 Å². The number of alkyl carbamates (subject to hydrolysis) is 1. The van der Waals surface area contributed by atoms with Crippen molar-refractivity contribution in [1.82, 2.24) is 25.9 Å². The lowest BCUT2D eigenvalue weighted by Gasteiger charge is -2.30. The first-order valence-electron chi connectivity index (χ1n) is 17.6. The van der Waals surface area contributed by atoms with Gasteiger partial charge in [-0.25, -0.2) is 19.5 Å². The highest BCUT2D eigenvalue weighted by Gasteiger charge is 2.61. The van der Waals surface area contributed by atoms with E-state index in [0.29, 0.717) is 30.4 Å². The van der Waals surface area contributed by atoms with Crippen molar-refractivity contribution in [3.63, 3.8) is 0 Å². The van der Waals surface area contributed by atoms with Crippen molar-refractivity contribution in [1.29, 1.82) is 0 Å². The minimum absolute atomic E-state index is 0.0351. The number of amides is 5. The quantitative estimate of drug-likeness (QED) is 0.294. The van der Waals surface area contributed by atoms with Crippen LogP contribution in [0.15, 0.2) is 30.4 Å². The molecular formula is C36H50FN5O8. The van der Waals surface area contributed by atoms with Crippen LogP contribution in [-0.4, -0.2) is 82.2 Å². The third-order valence-corrected chi connectivity index (χ3v) is 9.37. The Morgan fingerprint density at radius 2 is 1.90 bits per heavy atom. The number of ether oxygens (including phenoxy) is 2. The minimum Gasteiger partial charge on any atom is -0.444 e. The first-order chi connectivity index (χ1) is 23.7. The number of hydrogen-bond acceptors (Lipinski definition) is 8. The molecule has 5 rings (SSSR count). The Balaban J connectivity index is 1.38. The third-order valence-electron chi connectivity index (χ3n) is 9.37. The maximum Gasteiger partial charge on any atom is 0.410 e. The summed E-state index contributed by atoms with van der Waals surface area (Å²) in [5.74, 6) is -2.13. The van der Waals surface area contributed by atoms with Gasteiger partial charge in [0.05, 0.1) is 19.7 Å². The Morgan fingerprint density at radius 3 is 2.62 bits per heavy atom. The van der Waals surface area contributed by atoms with Gasteiger partial charge in [-0.2, -0.15) is 0 Å². The van der Waals surface area contributed by atoms with E-state index in [1.165, 1.54) is 15.9 Å². The van der Waals surface area contributed by atoms with Crippen LogP contribution in [0.5, 0.6) is 0 Å². The Kier molecular flexibility index (Phi) is 11.4. The second-order valence-electron chi connectivity index (χ2n) is 15.2. The van der Waals surface area contributed by atoms with Crippen LogP contribution >= 0.6 is 0 Å². The van der Waals surface area contributed by atoms with Crippen LogP contribution < -0.4 is 16.1 Å². The number of fused-ring (bicyclic) bond motifs is 3. The summed E-state index contributed by atoms with van der Waals surface area (Å²) in [6, 6.07) is 2.54. The molecule has 1 aromatic rings. The SMILES string of the molecule is CC(C)CONC(=O)[C@@]12C[C@H]1/C=C\CCCCC[C@H](NC(=O)OC(C)(C)C)C(=O)N1C[C@H](OC(=O)N3Cc4cccc(F)c4C3)C[C@H]1C(=O)N2. The molecule has 13 nitrogen and oxygen atoms in total. The number of rotatable bonds is 6. The zero-order valence-corrected chi connectivity index (χ0v) is 29.6. The average molecular weight is 700 g/mol. The number of carbonyl (C=O) groups is 5. The van der Waals surface area contributed by atoms with Gasteiger partial charge in [-0.3, -0.25) is 24.1 Å². The summed E-state index contributed by atoms with van der Waals surface area (Å²) in [4.78, 5) is 76.2. The van der Waals surface area contributed by atoms with Crippen molar-refractivity contribution in [3.8, 4) is 0 Å². The van der Waals surface area contributed by atoms with Crippen LogP contribution in [0.25, 0.3) is 0 Å². The maximum atomic E-state index is 14.4. The molecule has 274 valence electrons. The summed E-state index contributed by atoms with van der Waals surface area (Å²) in [6.45, 7) is 9.41. The molecule has 3 N–H and O–H groups in total. The van der Waals surface area contributed by atoms with Crippen molar-refractivity contribution >= 4 is 29.9 Å². The second-order valence-corrected chi connectivity index (χ2v) is 15.2. The molecule has 0 unspecified atom stereocenters. The lowest BCUT2D eigenvalue weighted by Crippen LogP contribution is -2.58. The molecule has 1 saturated heterocycles. The Bertz CT molecular complexity index is 1490. The number of nitrogens with zero attached hydrogens (tertiary/aromatic N) is 2. The van der Waals surface area contributed by atoms with E-state index < -0.39 is 65.1 Å². The highest BCUT2D eigenvalue weighted by Crippen LogP contribution is 2.45. The molecule has 14 heteroatoms. The Labute approximate surface area is 292 Å². The number of allylic oxidation sites excluding steroid dienone is 1. The molecule has 5 atom stereocenters. The summed E-state index contributed by atoms with van der Waals surface area (Å²) in [5.41, 5.74) is 1.51. The first-order valence-corrected chi connectivity index (χ1v) is 17.6. The smallest absolute Gasteiger partial charge is 0.410 e. The van der Waals surface area contributed by atoms with E-state index in [0.717, 1.165) is 19.3 Å². The topological polar surface area (TPSA) is 156 Å². The van der Waals surface area contributed by atoms with Gasteiger partial charge in [0.15, 0.2) is 0 Å². The molecule has 0 spiro atoms. The van der Waals surface area contributed by atoms with E-state index >= 15 is 0 Å². The zero-order valence-electron chi connectivity index (χ0n) is 29.6. The number of hydroxylamine groups is 1. The fourth-order valence-electron chi connectivity index (χ4n) is 6.71. The molecule has 0 aromatic heterocycles. The molecule has 3 aliphatic heterocycles. The number of hydrogen-bond donors (Lipinski definition) is 3. The van der Waals surface area contributed by atoms with Crippen LogP contribution in [0, 0.1) is 17.7 Å². The van der Waals surface area contributed by atoms with Gasteiger partial charge in [-0.1, -0.05) is 51.0 Å². The van der Waals surface area contributed by atoms with Gasteiger partial charge in [-0.05, 0) is 64.0 Å². The summed E-state index contributed by atoms with van der Waals surface area (Å²) in [7, 11) is 0. The van der Waals surface area contributed by atoms with Gasteiger partial charge >= 0.3 is 12.2 Å². The maximum absolute atomic E-state index is 14.4. The van der Waals surface area contributed by atoms with Gasteiger partial charge in [0.2, 0.25) is 11.8 Å². The molecular weight excluding hydrogens is 649 g/mol. The standard InChI is InChI=1S/C36H50FN5O8/c1-22(2)21-48-40-32(45)36-17-24(36)13-9-7-6-8-10-15-28(38-33(46)50-35(3,4)5)31(44)42-19-25(16-29(42)30(43)39-36)49-34(47)41-18-23-12-11-14-27(37)26(23)20-41/h9,11-14,22,24-25,28-29H,6-8,10,15-21H2,1-5H3,(H,38,46)(H,39,43)(H,40,45)/b13-9-/t24-,25-,28+,29+,36-/m1/s1. The van der Waals surface area contributed by atoms with Gasteiger partial charge in [-0.15, -0.1) is 0 Å². The fourth-order valence-corrected chi connectivity index (χ4v) is 6.71. The lowest BCUT2D eigenvalue weighted by molar-refractivity contribution is -0.144. The highest BCUT2D eigenvalue weighted by molar-refractivity contribution is 5.98. The summed E-state index contributed by atoms with van der Waals surface area (Å²) in [6.07, 6.45) is 5.18. The Morgan fingerprint density at radius 1 is 1.12 bits per heavy atom. The molecule has 3 heterocycles. The van der Waals surface area contributed by atoms with Crippen LogP contribution in [0.4, 0.5) is 14.0 Å². The van der Waals surface area contributed by atoms with Gasteiger partial charge in [0, 0.05) is 24.4 Å². The summed E-state index contributed by atoms with van der Waals surface area (Å²) in [5, 5.41) is 5.63. The van der Waals surface area contributed by atoms with Crippen molar-refractivity contribution < 1.29 is 42.7 Å². The van der Waals surface area contributed by atoms with Crippen LogP contribution in [0.1, 0.15) is 90.7 Å². The van der Waals surface area contributed by atoms with E-state index in [-0.39, 0.29) is 44.5 Å². The van der Waals surface area contributed by atoms with Crippen molar-refractivity contribution in [2.24, 2.45) is 11.8 Å². The van der Waals surface area contributed by atoms with Crippen molar-refractivity contribution in [2.75, 3.05) is 13.2 Å². The number of benzene rings is 1. The van der Waals surface area contributed by atoms with Crippen molar-refractivity contribution in [3.05, 3.63) is 47.3 Å². The predicted molar refractivity (Wildman–Crippen MR) is 179 cm³/mol. The Hall–Kier alpha value is -4.20. The predicted octanol–water partition coefficient (Wildman–Crippen LogP) is 4.24. The molecule has 5 amide bonds. The number of carbonyl (C=O) groups excluding carboxylic acids is 5. The molecule has 0 bridgehead atoms. The van der Waals surface area contributed by atoms with Gasteiger partial charge < -0.3 is 25.0 Å². The molecule has 50 heavy (non-hydrogen) atoms. The summed E-state index contributed by atoms with van der Waals surface area (Å²) >= 11 is 0. The minimum atomic E-state index is -1.28. The van der Waals surface area contributed by atoms with E-state index in [9.17, 15) is 28.4 Å². The molecule has 2 fully saturated rings.